The van der Waals surface area contributed by atoms with Crippen LogP contribution in [0.2, 0.25) is 0 Å². The lowest BCUT2D eigenvalue weighted by atomic mass is 10.0. The summed E-state index contributed by atoms with van der Waals surface area (Å²) in [5.41, 5.74) is 5.28. The van der Waals surface area contributed by atoms with Crippen molar-refractivity contribution in [3.05, 3.63) is 156 Å². The predicted molar refractivity (Wildman–Crippen MR) is 258 cm³/mol. The molecule has 3 N–H and O–H groups in total. The molecule has 360 valence electrons. The van der Waals surface area contributed by atoms with Crippen LogP contribution in [-0.2, 0) is 19.1 Å². The molecular weight excluding hydrogens is 903 g/mol. The molecule has 0 aliphatic heterocycles. The van der Waals surface area contributed by atoms with E-state index in [2.05, 4.69) is 50.8 Å². The molecule has 0 aliphatic rings. The first-order chi connectivity index (χ1) is 33.6. The van der Waals surface area contributed by atoms with Crippen molar-refractivity contribution in [2.24, 2.45) is 0 Å². The quantitative estimate of drug-likeness (QED) is 0.0787. The lowest BCUT2D eigenvalue weighted by molar-refractivity contribution is -0.156. The van der Waals surface area contributed by atoms with E-state index in [1.54, 1.807) is 91.0 Å². The molecule has 2 atom stereocenters. The summed E-state index contributed by atoms with van der Waals surface area (Å²) < 4.78 is 33.8. The summed E-state index contributed by atoms with van der Waals surface area (Å²) in [5, 5.41) is 19.2. The van der Waals surface area contributed by atoms with E-state index in [-0.39, 0.29) is 41.4 Å². The zero-order chi connectivity index (χ0) is 50.5. The second-order valence-electron chi connectivity index (χ2n) is 15.5. The molecule has 70 heavy (non-hydrogen) atoms. The zero-order valence-electron chi connectivity index (χ0n) is 39.3. The fourth-order valence-corrected chi connectivity index (χ4v) is 7.13. The summed E-state index contributed by atoms with van der Waals surface area (Å²) >= 11 is 0. The maximum atomic E-state index is 13.3. The third-order valence-electron chi connectivity index (χ3n) is 10.8. The van der Waals surface area contributed by atoms with Gasteiger partial charge in [0.25, 0.3) is 11.8 Å². The number of halogens is 2. The molecule has 6 aromatic heterocycles. The van der Waals surface area contributed by atoms with Crippen LogP contribution >= 0.6 is 0 Å². The average Bonchev–Trinajstić information content (AvgIpc) is 4.00. The number of nitrogens with zero attached hydrogens (tertiary/aromatic N) is 9. The molecule has 0 spiro atoms. The van der Waals surface area contributed by atoms with E-state index in [4.69, 9.17) is 0 Å². The molecule has 0 saturated heterocycles. The Bertz CT molecular complexity index is 3130. The maximum absolute atomic E-state index is 13.3. The fraction of sp³-hybridized carbons (Fsp3) is 0.220. The normalized spacial score (nSPS) is 11.5. The van der Waals surface area contributed by atoms with Crippen molar-refractivity contribution < 1.29 is 37.5 Å². The van der Waals surface area contributed by atoms with Crippen molar-refractivity contribution in [2.45, 2.75) is 59.5 Å². The highest BCUT2D eigenvalue weighted by Crippen LogP contribution is 2.26. The molecule has 3 amide bonds. The van der Waals surface area contributed by atoms with Crippen LogP contribution in [-0.4, -0.2) is 83.3 Å². The first-order valence-corrected chi connectivity index (χ1v) is 21.9. The minimum atomic E-state index is -0.562. The van der Waals surface area contributed by atoms with Gasteiger partial charge in [0.05, 0.1) is 70.4 Å². The lowest BCUT2D eigenvalue weighted by Gasteiger charge is -2.20. The van der Waals surface area contributed by atoms with E-state index in [0.29, 0.717) is 56.5 Å². The van der Waals surface area contributed by atoms with E-state index in [0.717, 1.165) is 23.4 Å². The minimum absolute atomic E-state index is 0.132. The Morgan fingerprint density at radius 3 is 1.47 bits per heavy atom. The van der Waals surface area contributed by atoms with Crippen molar-refractivity contribution >= 4 is 63.1 Å². The first-order valence-electron chi connectivity index (χ1n) is 21.9. The van der Waals surface area contributed by atoms with Gasteiger partial charge in [-0.1, -0.05) is 13.8 Å². The van der Waals surface area contributed by atoms with Crippen LogP contribution in [0.5, 0.6) is 0 Å². The number of amides is 3. The summed E-state index contributed by atoms with van der Waals surface area (Å²) in [5.74, 6) is -1.20. The number of pyridine rings is 4. The van der Waals surface area contributed by atoms with Crippen molar-refractivity contribution in [2.75, 3.05) is 24.3 Å². The lowest BCUT2D eigenvalue weighted by Crippen LogP contribution is -2.29. The van der Waals surface area contributed by atoms with Gasteiger partial charge in [-0.15, -0.1) is 0 Å². The number of hydrogen-bond acceptors (Lipinski definition) is 13. The molecule has 0 fully saturated rings. The van der Waals surface area contributed by atoms with Gasteiger partial charge in [-0.25, -0.2) is 28.1 Å². The van der Waals surface area contributed by atoms with E-state index in [1.807, 2.05) is 32.0 Å². The molecular formula is C50H50F2N12O6. The van der Waals surface area contributed by atoms with Gasteiger partial charge in [0.2, 0.25) is 5.91 Å². The topological polar surface area (TPSA) is 221 Å². The summed E-state index contributed by atoms with van der Waals surface area (Å²) in [7, 11) is 3.45. The van der Waals surface area contributed by atoms with Gasteiger partial charge >= 0.3 is 11.9 Å². The standard InChI is InChI=1S/C24H23FN6O2.C22H21FN6O.C4H6O3/c1-4-21(16-9-10-27-23(11-16)30(3)15(2)32)29-24(33)20-12-26-14-22-19(20)13-28-31(22)18-7-5-17(25)6-8-18;1-3-19(14-8-9-26-21(10-14)24-2)28-22(30)18-11-25-13-20-17(18)12-27-29(20)16-6-4-15(23)5-7-16;1-3(5)7-4(2)6/h5-14,21H,4H2,1-3H3,(H,29,33);4-13,19H,3H2,1-2H3,(H,24,26)(H,28,30);1-2H3/t21-;19-;/m00./s1. The van der Waals surface area contributed by atoms with Crippen LogP contribution in [0.1, 0.15) is 91.4 Å². The number of aromatic nitrogens is 8. The van der Waals surface area contributed by atoms with E-state index < -0.39 is 11.9 Å². The molecule has 0 bridgehead atoms. The third kappa shape index (κ3) is 12.4. The van der Waals surface area contributed by atoms with Gasteiger partial charge in [0.15, 0.2) is 0 Å². The monoisotopic (exact) mass is 952 g/mol. The van der Waals surface area contributed by atoms with Gasteiger partial charge in [-0.3, -0.25) is 33.9 Å². The zero-order valence-corrected chi connectivity index (χ0v) is 39.3. The first kappa shape index (κ1) is 50.6. The number of rotatable bonds is 12. The summed E-state index contributed by atoms with van der Waals surface area (Å²) in [6.07, 6.45) is 14.2. The third-order valence-corrected chi connectivity index (χ3v) is 10.8. The number of carbonyl (C=O) groups excluding carboxylic acids is 5. The van der Waals surface area contributed by atoms with Crippen LogP contribution in [0, 0.1) is 11.6 Å². The van der Waals surface area contributed by atoms with Crippen LogP contribution < -0.4 is 20.9 Å². The largest absolute Gasteiger partial charge is 0.394 e. The Morgan fingerprint density at radius 1 is 0.629 bits per heavy atom. The molecule has 0 radical (unpaired) electrons. The molecule has 20 heteroatoms. The number of hydrogen-bond donors (Lipinski definition) is 3. The van der Waals surface area contributed by atoms with Gasteiger partial charge in [-0.05, 0) is 96.8 Å². The van der Waals surface area contributed by atoms with Crippen LogP contribution in [0.3, 0.4) is 0 Å². The van der Waals surface area contributed by atoms with Gasteiger partial charge in [0, 0.05) is 70.4 Å². The molecule has 6 heterocycles. The maximum Gasteiger partial charge on any atom is 0.310 e. The number of nitrogens with one attached hydrogen (secondary N) is 3. The molecule has 0 saturated carbocycles. The Balaban J connectivity index is 0.000000203. The SMILES string of the molecule is CC(=O)OC(C)=O.CC[C@H](NC(=O)c1cncc2c1cnn2-c1ccc(F)cc1)c1ccnc(N(C)C(C)=O)c1.CC[C@H](NC(=O)c1cncc2c1cnn2-c1ccc(F)cc1)c1ccnc(NC)c1. The summed E-state index contributed by atoms with van der Waals surface area (Å²) in [4.78, 5) is 75.9. The highest BCUT2D eigenvalue weighted by atomic mass is 19.1. The summed E-state index contributed by atoms with van der Waals surface area (Å²) in [6, 6.07) is 18.9. The summed E-state index contributed by atoms with van der Waals surface area (Å²) in [6.45, 7) is 7.80. The molecule has 2 aromatic carbocycles. The van der Waals surface area contributed by atoms with Crippen molar-refractivity contribution in [3.63, 3.8) is 0 Å². The Kier molecular flexibility index (Phi) is 16.8. The van der Waals surface area contributed by atoms with E-state index in [1.165, 1.54) is 62.3 Å². The van der Waals surface area contributed by atoms with Gasteiger partial charge in [-0.2, -0.15) is 10.2 Å². The van der Waals surface area contributed by atoms with Crippen molar-refractivity contribution in [1.82, 2.24) is 50.1 Å². The second kappa shape index (κ2) is 23.3. The molecule has 0 unspecified atom stereocenters. The Labute approximate surface area is 401 Å². The van der Waals surface area contributed by atoms with Crippen molar-refractivity contribution in [3.8, 4) is 11.4 Å². The van der Waals surface area contributed by atoms with Gasteiger partial charge in [0.1, 0.15) is 23.3 Å². The van der Waals surface area contributed by atoms with E-state index >= 15 is 0 Å². The van der Waals surface area contributed by atoms with Crippen LogP contribution in [0.25, 0.3) is 33.2 Å². The average molecular weight is 953 g/mol. The molecule has 18 nitrogen and oxygen atoms in total. The number of carbonyl (C=O) groups is 5. The second-order valence-corrected chi connectivity index (χ2v) is 15.5. The van der Waals surface area contributed by atoms with E-state index in [9.17, 15) is 32.8 Å². The smallest absolute Gasteiger partial charge is 0.310 e. The van der Waals surface area contributed by atoms with Crippen LogP contribution in [0.4, 0.5) is 20.4 Å². The van der Waals surface area contributed by atoms with Gasteiger partial charge < -0.3 is 25.6 Å². The minimum Gasteiger partial charge on any atom is -0.394 e. The Morgan fingerprint density at radius 2 is 1.07 bits per heavy atom. The number of benzene rings is 2. The highest BCUT2D eigenvalue weighted by molar-refractivity contribution is 6.07. The number of fused-ring (bicyclic) bond motifs is 2. The predicted octanol–water partition coefficient (Wildman–Crippen LogP) is 7.79. The molecule has 0 aliphatic carbocycles. The molecule has 8 rings (SSSR count). The number of esters is 2. The highest BCUT2D eigenvalue weighted by Gasteiger charge is 2.21. The fourth-order valence-electron chi connectivity index (χ4n) is 7.13. The number of anilines is 2. The van der Waals surface area contributed by atoms with Crippen molar-refractivity contribution in [1.29, 1.82) is 0 Å². The molecule has 8 aromatic rings. The Hall–Kier alpha value is -8.81. The van der Waals surface area contributed by atoms with Crippen LogP contribution in [0.15, 0.2) is 122 Å². The number of ether oxygens (including phenoxy) is 1.